The van der Waals surface area contributed by atoms with Crippen molar-refractivity contribution in [3.63, 3.8) is 0 Å². The van der Waals surface area contributed by atoms with Crippen molar-refractivity contribution in [3.05, 3.63) is 64.2 Å². The van der Waals surface area contributed by atoms with Crippen LogP contribution in [0, 0.1) is 17.5 Å². The van der Waals surface area contributed by atoms with Crippen LogP contribution in [0.25, 0.3) is 10.9 Å². The average Bonchev–Trinajstić information content (AvgIpc) is 3.30. The second kappa shape index (κ2) is 9.33. The lowest BCUT2D eigenvalue weighted by Crippen LogP contribution is -2.30. The minimum atomic E-state index is -1.66. The van der Waals surface area contributed by atoms with E-state index in [4.69, 9.17) is 4.74 Å². The van der Waals surface area contributed by atoms with Gasteiger partial charge in [-0.15, -0.1) is 0 Å². The molecule has 6 nitrogen and oxygen atoms in total. The molecule has 2 atom stereocenters. The molecule has 1 fully saturated rings. The molecule has 1 aliphatic rings. The lowest BCUT2D eigenvalue weighted by Gasteiger charge is -2.18. The summed E-state index contributed by atoms with van der Waals surface area (Å²) in [5, 5.41) is 2.22. The highest BCUT2D eigenvalue weighted by Gasteiger charge is 2.24. The zero-order valence-electron chi connectivity index (χ0n) is 17.1. The van der Waals surface area contributed by atoms with Gasteiger partial charge in [0.1, 0.15) is 0 Å². The Bertz CT molecular complexity index is 1230. The summed E-state index contributed by atoms with van der Waals surface area (Å²) in [6.45, 7) is 2.47. The lowest BCUT2D eigenvalue weighted by atomic mass is 10.2. The van der Waals surface area contributed by atoms with Gasteiger partial charge in [0.15, 0.2) is 22.6 Å². The first-order valence-electron chi connectivity index (χ1n) is 10.1. The van der Waals surface area contributed by atoms with Crippen molar-refractivity contribution in [1.29, 1.82) is 0 Å². The third-order valence-corrected chi connectivity index (χ3v) is 6.27. The van der Waals surface area contributed by atoms with Crippen molar-refractivity contribution in [1.82, 2.24) is 9.55 Å². The largest absolute Gasteiger partial charge is 0.376 e. The van der Waals surface area contributed by atoms with Crippen LogP contribution in [0.3, 0.4) is 0 Å². The molecule has 3 aromatic rings. The van der Waals surface area contributed by atoms with Crippen LogP contribution < -0.4 is 10.9 Å². The van der Waals surface area contributed by atoms with Gasteiger partial charge < -0.3 is 10.1 Å². The molecule has 2 unspecified atom stereocenters. The van der Waals surface area contributed by atoms with Gasteiger partial charge in [0.2, 0.25) is 5.91 Å². The van der Waals surface area contributed by atoms with Gasteiger partial charge in [-0.1, -0.05) is 23.9 Å². The van der Waals surface area contributed by atoms with Crippen LogP contribution in [0.4, 0.5) is 18.9 Å². The van der Waals surface area contributed by atoms with Crippen LogP contribution in [-0.4, -0.2) is 33.4 Å². The highest BCUT2D eigenvalue weighted by molar-refractivity contribution is 8.00. The quantitative estimate of drug-likeness (QED) is 0.338. The van der Waals surface area contributed by atoms with Crippen LogP contribution in [-0.2, 0) is 16.1 Å². The molecule has 0 spiro atoms. The van der Waals surface area contributed by atoms with E-state index in [0.717, 1.165) is 36.7 Å². The summed E-state index contributed by atoms with van der Waals surface area (Å²) >= 11 is 1.02. The van der Waals surface area contributed by atoms with Crippen LogP contribution in [0.2, 0.25) is 0 Å². The fourth-order valence-corrected chi connectivity index (χ4v) is 4.38. The van der Waals surface area contributed by atoms with E-state index in [-0.39, 0.29) is 11.7 Å². The van der Waals surface area contributed by atoms with Gasteiger partial charge in [-0.05, 0) is 44.0 Å². The minimum Gasteiger partial charge on any atom is -0.376 e. The van der Waals surface area contributed by atoms with E-state index in [9.17, 15) is 22.8 Å². The molecule has 10 heteroatoms. The third-order valence-electron chi connectivity index (χ3n) is 5.18. The van der Waals surface area contributed by atoms with E-state index in [1.54, 1.807) is 31.2 Å². The molecular formula is C22H20F3N3O3S. The first-order valence-corrected chi connectivity index (χ1v) is 11.0. The van der Waals surface area contributed by atoms with Crippen LogP contribution >= 0.6 is 11.8 Å². The van der Waals surface area contributed by atoms with Crippen molar-refractivity contribution >= 4 is 34.3 Å². The number of nitrogens with zero attached hydrogens (tertiary/aromatic N) is 2. The number of rotatable bonds is 6. The molecule has 1 aromatic heterocycles. The maximum atomic E-state index is 13.9. The van der Waals surface area contributed by atoms with Gasteiger partial charge in [-0.25, -0.2) is 18.2 Å². The number of hydrogen-bond donors (Lipinski definition) is 1. The van der Waals surface area contributed by atoms with Crippen molar-refractivity contribution in [2.24, 2.45) is 0 Å². The van der Waals surface area contributed by atoms with E-state index >= 15 is 0 Å². The number of fused-ring (bicyclic) bond motifs is 1. The van der Waals surface area contributed by atoms with Crippen molar-refractivity contribution in [2.45, 2.75) is 42.8 Å². The van der Waals surface area contributed by atoms with E-state index < -0.39 is 34.3 Å². The number of halogens is 3. The Balaban J connectivity index is 1.61. The number of carbonyl (C=O) groups excluding carboxylic acids is 1. The monoisotopic (exact) mass is 463 g/mol. The predicted octanol–water partition coefficient (Wildman–Crippen LogP) is 4.11. The number of benzene rings is 2. The Morgan fingerprint density at radius 2 is 2.03 bits per heavy atom. The number of nitrogens with one attached hydrogen (secondary N) is 1. The summed E-state index contributed by atoms with van der Waals surface area (Å²) in [6, 6.07) is 8.59. The SMILES string of the molecule is CC(Sc1nc2ccccc2c(=O)n1CC1CCCO1)C(=O)Nc1ccc(F)c(F)c1F. The van der Waals surface area contributed by atoms with Gasteiger partial charge in [0.05, 0.1) is 34.5 Å². The third kappa shape index (κ3) is 4.51. The maximum absolute atomic E-state index is 13.9. The number of amides is 1. The molecule has 0 saturated carbocycles. The second-order valence-electron chi connectivity index (χ2n) is 7.43. The van der Waals surface area contributed by atoms with E-state index in [0.29, 0.717) is 29.2 Å². The summed E-state index contributed by atoms with van der Waals surface area (Å²) in [7, 11) is 0. The molecule has 0 aliphatic carbocycles. The zero-order valence-corrected chi connectivity index (χ0v) is 17.9. The molecule has 1 N–H and O–H groups in total. The molecule has 1 amide bonds. The van der Waals surface area contributed by atoms with Crippen LogP contribution in [0.15, 0.2) is 46.3 Å². The number of carbonyl (C=O) groups is 1. The molecule has 168 valence electrons. The van der Waals surface area contributed by atoms with Crippen LogP contribution in [0.5, 0.6) is 0 Å². The summed E-state index contributed by atoms with van der Waals surface area (Å²) in [4.78, 5) is 30.3. The van der Waals surface area contributed by atoms with Gasteiger partial charge in [-0.2, -0.15) is 0 Å². The lowest BCUT2D eigenvalue weighted by molar-refractivity contribution is -0.115. The second-order valence-corrected chi connectivity index (χ2v) is 8.74. The minimum absolute atomic E-state index is 0.129. The highest BCUT2D eigenvalue weighted by Crippen LogP contribution is 2.26. The Morgan fingerprint density at radius 1 is 1.25 bits per heavy atom. The Kier molecular flexibility index (Phi) is 6.52. The highest BCUT2D eigenvalue weighted by atomic mass is 32.2. The molecule has 0 radical (unpaired) electrons. The van der Waals surface area contributed by atoms with E-state index in [1.807, 2.05) is 0 Å². The number of hydrogen-bond acceptors (Lipinski definition) is 5. The van der Waals surface area contributed by atoms with E-state index in [2.05, 4.69) is 10.3 Å². The first-order chi connectivity index (χ1) is 15.3. The normalized spacial score (nSPS) is 16.9. The Morgan fingerprint density at radius 3 is 2.78 bits per heavy atom. The van der Waals surface area contributed by atoms with Gasteiger partial charge in [-0.3, -0.25) is 14.2 Å². The number of aromatic nitrogens is 2. The molecule has 1 aliphatic heterocycles. The first kappa shape index (κ1) is 22.3. The Labute approximate surface area is 185 Å². The number of thioether (sulfide) groups is 1. The fraction of sp³-hybridized carbons (Fsp3) is 0.318. The van der Waals surface area contributed by atoms with Gasteiger partial charge in [0, 0.05) is 6.61 Å². The predicted molar refractivity (Wildman–Crippen MR) is 115 cm³/mol. The molecule has 0 bridgehead atoms. The van der Waals surface area contributed by atoms with Crippen molar-refractivity contribution < 1.29 is 22.7 Å². The van der Waals surface area contributed by atoms with E-state index in [1.165, 1.54) is 4.57 Å². The van der Waals surface area contributed by atoms with Crippen LogP contribution in [0.1, 0.15) is 19.8 Å². The zero-order chi connectivity index (χ0) is 22.8. The summed E-state index contributed by atoms with van der Waals surface area (Å²) in [5.74, 6) is -5.13. The number of para-hydroxylation sites is 1. The van der Waals surface area contributed by atoms with Crippen molar-refractivity contribution in [3.8, 4) is 0 Å². The topological polar surface area (TPSA) is 73.2 Å². The molecule has 1 saturated heterocycles. The van der Waals surface area contributed by atoms with Gasteiger partial charge in [0.25, 0.3) is 5.56 Å². The standard InChI is InChI=1S/C22H20F3N3O3S/c1-12(20(29)26-17-9-8-15(23)18(24)19(17)25)32-22-27-16-7-3-2-6-14(16)21(30)28(22)11-13-5-4-10-31-13/h2-3,6-9,12-13H,4-5,10-11H2,1H3,(H,26,29). The Hall–Kier alpha value is -2.85. The van der Waals surface area contributed by atoms with Crippen molar-refractivity contribution in [2.75, 3.05) is 11.9 Å². The summed E-state index contributed by atoms with van der Waals surface area (Å²) in [6.07, 6.45) is 1.59. The molecule has 32 heavy (non-hydrogen) atoms. The molecule has 2 heterocycles. The average molecular weight is 463 g/mol. The number of ether oxygens (including phenoxy) is 1. The van der Waals surface area contributed by atoms with Gasteiger partial charge >= 0.3 is 0 Å². The molecule has 4 rings (SSSR count). The summed E-state index contributed by atoms with van der Waals surface area (Å²) < 4.78 is 47.7. The summed E-state index contributed by atoms with van der Waals surface area (Å²) in [5.41, 5.74) is -0.222. The fourth-order valence-electron chi connectivity index (χ4n) is 3.46. The molecule has 2 aromatic carbocycles. The number of anilines is 1. The maximum Gasteiger partial charge on any atom is 0.262 e. The smallest absolute Gasteiger partial charge is 0.262 e. The molecular weight excluding hydrogens is 443 g/mol.